The lowest BCUT2D eigenvalue weighted by atomic mass is 10.1. The molecule has 1 unspecified atom stereocenters. The van der Waals surface area contributed by atoms with Crippen molar-refractivity contribution >= 4 is 29.1 Å². The predicted molar refractivity (Wildman–Crippen MR) is 126 cm³/mol. The van der Waals surface area contributed by atoms with Crippen LogP contribution in [-0.4, -0.2) is 54.7 Å². The van der Waals surface area contributed by atoms with Gasteiger partial charge in [-0.05, 0) is 31.0 Å². The van der Waals surface area contributed by atoms with Crippen molar-refractivity contribution in [2.75, 3.05) is 12.4 Å². The molecule has 15 heteroatoms. The molecule has 2 saturated carbocycles. The van der Waals surface area contributed by atoms with E-state index in [0.717, 1.165) is 17.0 Å². The van der Waals surface area contributed by atoms with E-state index in [0.29, 0.717) is 17.5 Å². The Kier molecular flexibility index (Phi) is 5.84. The van der Waals surface area contributed by atoms with E-state index in [2.05, 4.69) is 15.4 Å². The number of aromatic nitrogens is 4. The molecule has 0 spiro atoms. The number of halogens is 6. The molecule has 1 aromatic carbocycles. The molecule has 0 aliphatic heterocycles. The van der Waals surface area contributed by atoms with Crippen molar-refractivity contribution in [2.24, 2.45) is 12.8 Å². The minimum absolute atomic E-state index is 0.0588. The second kappa shape index (κ2) is 8.50. The van der Waals surface area contributed by atoms with Crippen LogP contribution in [0.3, 0.4) is 0 Å². The Hall–Kier alpha value is -3.52. The van der Waals surface area contributed by atoms with E-state index < -0.39 is 47.4 Å². The average molecular weight is 558 g/mol. The molecule has 202 valence electrons. The van der Waals surface area contributed by atoms with E-state index in [1.807, 2.05) is 0 Å². The predicted octanol–water partition coefficient (Wildman–Crippen LogP) is 4.31. The molecular formula is C23H21ClF5N7O2. The lowest BCUT2D eigenvalue weighted by Crippen LogP contribution is -2.45. The topological polar surface area (TPSA) is 111 Å². The number of anilines is 1. The average Bonchev–Trinajstić information content (AvgIpc) is 3.57. The zero-order valence-electron chi connectivity index (χ0n) is 20.0. The van der Waals surface area contributed by atoms with Gasteiger partial charge in [-0.15, -0.1) is 0 Å². The molecule has 0 saturated heterocycles. The van der Waals surface area contributed by atoms with Gasteiger partial charge in [0.1, 0.15) is 6.04 Å². The van der Waals surface area contributed by atoms with Crippen LogP contribution in [0.15, 0.2) is 30.6 Å². The van der Waals surface area contributed by atoms with Gasteiger partial charge in [0, 0.05) is 32.4 Å². The number of nitrogens with two attached hydrogens (primary N) is 1. The second-order valence-corrected chi connectivity index (χ2v) is 9.90. The van der Waals surface area contributed by atoms with Crippen LogP contribution in [0.4, 0.5) is 27.6 Å². The number of nitrogens with one attached hydrogen (secondary N) is 1. The molecule has 38 heavy (non-hydrogen) atoms. The number of hydrogen-bond donors (Lipinski definition) is 2. The Balaban J connectivity index is 1.38. The molecule has 3 aromatic rings. The lowest BCUT2D eigenvalue weighted by molar-refractivity contribution is -0.141. The first-order valence-corrected chi connectivity index (χ1v) is 11.7. The summed E-state index contributed by atoms with van der Waals surface area (Å²) in [6, 6.07) is 2.74. The molecule has 9 nitrogen and oxygen atoms in total. The second-order valence-electron chi connectivity index (χ2n) is 9.49. The number of carbonyl (C=O) groups is 2. The molecule has 2 aromatic heterocycles. The molecule has 0 bridgehead atoms. The third kappa shape index (κ3) is 4.51. The molecule has 3 N–H and O–H groups in total. The number of hydrogen-bond acceptors (Lipinski definition) is 5. The lowest BCUT2D eigenvalue weighted by Gasteiger charge is -2.24. The summed E-state index contributed by atoms with van der Waals surface area (Å²) >= 11 is 6.27. The van der Waals surface area contributed by atoms with Gasteiger partial charge in [-0.3, -0.25) is 14.3 Å². The third-order valence-corrected chi connectivity index (χ3v) is 7.08. The molecule has 2 heterocycles. The molecule has 2 fully saturated rings. The normalized spacial score (nSPS) is 19.2. The van der Waals surface area contributed by atoms with Gasteiger partial charge < -0.3 is 20.5 Å². The van der Waals surface area contributed by atoms with E-state index in [4.69, 9.17) is 17.3 Å². The number of rotatable bonds is 6. The van der Waals surface area contributed by atoms with Crippen molar-refractivity contribution in [2.45, 2.75) is 43.1 Å². The maximum absolute atomic E-state index is 13.6. The maximum atomic E-state index is 13.6. The number of benzene rings is 1. The standard InChI is InChI=1S/C23H21ClF5N7O2/c1-34-15(13-10-36(16-8-22(16,25)26)33-17(13)23(27,28)29)9-31-18(34)19(37)32-11-3-4-12(14(24)7-11)20(38)35(2)21(30)5-6-21/h3-4,7,9-10,16H,5-6,8,30H2,1-2H3,(H,32,37). The molecule has 5 rings (SSSR count). The highest BCUT2D eigenvalue weighted by Gasteiger charge is 2.59. The quantitative estimate of drug-likeness (QED) is 0.347. The van der Waals surface area contributed by atoms with Crippen LogP contribution in [0.5, 0.6) is 0 Å². The van der Waals surface area contributed by atoms with Crippen LogP contribution in [0, 0.1) is 0 Å². The Morgan fingerprint density at radius 1 is 1.26 bits per heavy atom. The van der Waals surface area contributed by atoms with Crippen LogP contribution >= 0.6 is 11.6 Å². The minimum atomic E-state index is -4.93. The van der Waals surface area contributed by atoms with Gasteiger partial charge in [-0.1, -0.05) is 11.6 Å². The van der Waals surface area contributed by atoms with Crippen molar-refractivity contribution < 1.29 is 31.5 Å². The van der Waals surface area contributed by atoms with Crippen LogP contribution in [0.25, 0.3) is 11.3 Å². The first-order chi connectivity index (χ1) is 17.6. The van der Waals surface area contributed by atoms with Crippen LogP contribution in [-0.2, 0) is 13.2 Å². The zero-order chi connectivity index (χ0) is 27.8. The van der Waals surface area contributed by atoms with Gasteiger partial charge in [0.25, 0.3) is 17.7 Å². The molecule has 2 aliphatic rings. The van der Waals surface area contributed by atoms with E-state index >= 15 is 0 Å². The smallest absolute Gasteiger partial charge is 0.324 e. The molecule has 2 amide bonds. The van der Waals surface area contributed by atoms with Crippen LogP contribution < -0.4 is 11.1 Å². The van der Waals surface area contributed by atoms with Crippen molar-refractivity contribution in [1.29, 1.82) is 0 Å². The molecule has 0 radical (unpaired) electrons. The number of imidazole rings is 1. The van der Waals surface area contributed by atoms with Gasteiger partial charge >= 0.3 is 6.18 Å². The fraction of sp³-hybridized carbons (Fsp3) is 0.391. The van der Waals surface area contributed by atoms with Gasteiger partial charge in [-0.2, -0.15) is 18.3 Å². The summed E-state index contributed by atoms with van der Waals surface area (Å²) in [6.45, 7) is 0. The van der Waals surface area contributed by atoms with Gasteiger partial charge in [0.05, 0.1) is 33.7 Å². The largest absolute Gasteiger partial charge is 0.435 e. The summed E-state index contributed by atoms with van der Waals surface area (Å²) in [7, 11) is 2.88. The SMILES string of the molecule is CN(C(=O)c1ccc(NC(=O)c2ncc(-c3cn(C4CC4(F)F)nc3C(F)(F)F)n2C)cc1Cl)C1(N)CC1. The molecule has 1 atom stereocenters. The fourth-order valence-electron chi connectivity index (χ4n) is 4.10. The number of alkyl halides is 5. The Morgan fingerprint density at radius 2 is 1.92 bits per heavy atom. The Morgan fingerprint density at radius 3 is 2.47 bits per heavy atom. The molecule has 2 aliphatic carbocycles. The fourth-order valence-corrected chi connectivity index (χ4v) is 4.37. The third-order valence-electron chi connectivity index (χ3n) is 6.77. The van der Waals surface area contributed by atoms with E-state index in [1.54, 1.807) is 7.05 Å². The number of carbonyl (C=O) groups excluding carboxylic acids is 2. The zero-order valence-corrected chi connectivity index (χ0v) is 20.7. The maximum Gasteiger partial charge on any atom is 0.435 e. The summed E-state index contributed by atoms with van der Waals surface area (Å²) in [5.41, 5.74) is 3.75. The summed E-state index contributed by atoms with van der Waals surface area (Å²) in [6.07, 6.45) is -2.28. The Labute approximate surface area is 217 Å². The van der Waals surface area contributed by atoms with E-state index in [-0.39, 0.29) is 33.7 Å². The van der Waals surface area contributed by atoms with E-state index in [9.17, 15) is 31.5 Å². The summed E-state index contributed by atoms with van der Waals surface area (Å²) in [5, 5.41) is 5.95. The summed E-state index contributed by atoms with van der Waals surface area (Å²) in [5.74, 6) is -4.55. The van der Waals surface area contributed by atoms with Crippen molar-refractivity contribution in [3.05, 3.63) is 52.7 Å². The first-order valence-electron chi connectivity index (χ1n) is 11.4. The Bertz CT molecular complexity index is 1460. The number of amides is 2. The van der Waals surface area contributed by atoms with Gasteiger partial charge in [0.15, 0.2) is 11.5 Å². The first kappa shape index (κ1) is 26.1. The van der Waals surface area contributed by atoms with Crippen molar-refractivity contribution in [3.8, 4) is 11.3 Å². The monoisotopic (exact) mass is 557 g/mol. The summed E-state index contributed by atoms with van der Waals surface area (Å²) < 4.78 is 69.5. The highest BCUT2D eigenvalue weighted by molar-refractivity contribution is 6.34. The molecular weight excluding hydrogens is 537 g/mol. The van der Waals surface area contributed by atoms with Crippen LogP contribution in [0.2, 0.25) is 5.02 Å². The van der Waals surface area contributed by atoms with Crippen molar-refractivity contribution in [1.82, 2.24) is 24.2 Å². The highest BCUT2D eigenvalue weighted by atomic mass is 35.5. The van der Waals surface area contributed by atoms with Gasteiger partial charge in [0.2, 0.25) is 0 Å². The van der Waals surface area contributed by atoms with Crippen molar-refractivity contribution in [3.63, 3.8) is 0 Å². The highest BCUT2D eigenvalue weighted by Crippen LogP contribution is 2.53. The van der Waals surface area contributed by atoms with E-state index in [1.165, 1.54) is 30.1 Å². The summed E-state index contributed by atoms with van der Waals surface area (Å²) in [4.78, 5) is 30.9. The van der Waals surface area contributed by atoms with Crippen LogP contribution in [0.1, 0.15) is 52.0 Å². The minimum Gasteiger partial charge on any atom is -0.324 e. The van der Waals surface area contributed by atoms with Gasteiger partial charge in [-0.25, -0.2) is 13.8 Å². The number of nitrogens with zero attached hydrogens (tertiary/aromatic N) is 5.